The lowest BCUT2D eigenvalue weighted by Gasteiger charge is -2.34. The average molecular weight is 456 g/mol. The summed E-state index contributed by atoms with van der Waals surface area (Å²) in [6.45, 7) is 3.56. The number of nitrogens with zero attached hydrogens (tertiary/aromatic N) is 1. The van der Waals surface area contributed by atoms with Gasteiger partial charge in [0, 0.05) is 11.8 Å². The van der Waals surface area contributed by atoms with Gasteiger partial charge in [0.05, 0.1) is 11.2 Å². The number of carboxylic acid groups (broad SMARTS) is 1. The summed E-state index contributed by atoms with van der Waals surface area (Å²) < 4.78 is 26.1. The fourth-order valence-electron chi connectivity index (χ4n) is 3.64. The quantitative estimate of drug-likeness (QED) is 0.338. The lowest BCUT2D eigenvalue weighted by atomic mass is 9.77. The summed E-state index contributed by atoms with van der Waals surface area (Å²) in [6.07, 6.45) is 2.17. The number of halogens is 1. The Bertz CT molecular complexity index is 1160. The van der Waals surface area contributed by atoms with E-state index in [0.29, 0.717) is 11.1 Å². The highest BCUT2D eigenvalue weighted by atomic mass is 31.1. The van der Waals surface area contributed by atoms with E-state index in [1.165, 1.54) is 36.4 Å². The number of fused-ring (bicyclic) bond motifs is 1. The highest BCUT2D eigenvalue weighted by molar-refractivity contribution is 7.42. The maximum absolute atomic E-state index is 13.5. The minimum Gasteiger partial charge on any atom is -0.477 e. The molecule has 0 spiro atoms. The number of benzene rings is 2. The Kier molecular flexibility index (Phi) is 6.84. The fraction of sp³-hybridized carbons (Fsp3) is 0.250. The molecule has 32 heavy (non-hydrogen) atoms. The number of hydrogen-bond donors (Lipinski definition) is 3. The largest absolute Gasteiger partial charge is 0.531 e. The Morgan fingerprint density at radius 1 is 1.12 bits per heavy atom. The first-order valence-electron chi connectivity index (χ1n) is 10.0. The van der Waals surface area contributed by atoms with Gasteiger partial charge in [-0.15, -0.1) is 0 Å². The molecule has 0 saturated heterocycles. The van der Waals surface area contributed by atoms with Crippen molar-refractivity contribution in [3.63, 3.8) is 0 Å². The number of hydrogen-bond acceptors (Lipinski definition) is 4. The second kappa shape index (κ2) is 9.25. The van der Waals surface area contributed by atoms with Gasteiger partial charge in [0.15, 0.2) is 5.60 Å². The number of carbonyl (C=O) groups is 1. The summed E-state index contributed by atoms with van der Waals surface area (Å²) in [6, 6.07) is 15.3. The van der Waals surface area contributed by atoms with Crippen molar-refractivity contribution in [1.82, 2.24) is 4.98 Å². The molecular weight excluding hydrogens is 432 g/mol. The van der Waals surface area contributed by atoms with E-state index in [1.54, 1.807) is 38.1 Å². The molecule has 2 aromatic carbocycles. The SMILES string of the molecule is CC(C)C=CC(C(=O)O)([P+](=O)O)C(O)(Cc1ccc(F)cc1)c1ccc2ccccc2n1. The van der Waals surface area contributed by atoms with Crippen LogP contribution in [0.15, 0.2) is 72.8 Å². The number of carboxylic acids is 1. The van der Waals surface area contributed by atoms with Crippen LogP contribution in [0.25, 0.3) is 10.9 Å². The third-order valence-electron chi connectivity index (χ3n) is 5.38. The molecule has 0 aliphatic heterocycles. The van der Waals surface area contributed by atoms with Gasteiger partial charge in [-0.2, -0.15) is 4.89 Å². The number of pyridine rings is 1. The summed E-state index contributed by atoms with van der Waals surface area (Å²) in [7, 11) is -3.48. The molecule has 0 saturated carbocycles. The van der Waals surface area contributed by atoms with Crippen LogP contribution in [0.4, 0.5) is 4.39 Å². The lowest BCUT2D eigenvalue weighted by Crippen LogP contribution is -2.55. The van der Waals surface area contributed by atoms with Gasteiger partial charge in [-0.05, 0) is 46.4 Å². The van der Waals surface area contributed by atoms with Crippen LogP contribution < -0.4 is 0 Å². The first-order chi connectivity index (χ1) is 15.1. The van der Waals surface area contributed by atoms with Crippen molar-refractivity contribution < 1.29 is 28.9 Å². The van der Waals surface area contributed by atoms with Crippen LogP contribution in [0.5, 0.6) is 0 Å². The third-order valence-corrected chi connectivity index (χ3v) is 6.69. The minimum atomic E-state index is -3.48. The van der Waals surface area contributed by atoms with E-state index in [-0.39, 0.29) is 18.0 Å². The monoisotopic (exact) mass is 456 g/mol. The van der Waals surface area contributed by atoms with Crippen molar-refractivity contribution in [2.24, 2.45) is 5.92 Å². The molecule has 3 unspecified atom stereocenters. The van der Waals surface area contributed by atoms with Crippen LogP contribution in [0.3, 0.4) is 0 Å². The molecule has 0 bridgehead atoms. The zero-order chi connectivity index (χ0) is 23.5. The first kappa shape index (κ1) is 23.7. The second-order valence-corrected chi connectivity index (χ2v) is 9.25. The topological polar surface area (TPSA) is 108 Å². The molecule has 3 atom stereocenters. The predicted octanol–water partition coefficient (Wildman–Crippen LogP) is 4.57. The maximum atomic E-state index is 13.5. The van der Waals surface area contributed by atoms with E-state index in [9.17, 15) is 28.9 Å². The van der Waals surface area contributed by atoms with E-state index < -0.39 is 30.6 Å². The van der Waals surface area contributed by atoms with E-state index in [4.69, 9.17) is 0 Å². The summed E-state index contributed by atoms with van der Waals surface area (Å²) >= 11 is 0. The van der Waals surface area contributed by atoms with Crippen LogP contribution in [0.2, 0.25) is 0 Å². The molecule has 6 nitrogen and oxygen atoms in total. The van der Waals surface area contributed by atoms with E-state index >= 15 is 0 Å². The fourth-order valence-corrected chi connectivity index (χ4v) is 4.52. The Hall–Kier alpha value is -2.99. The molecular formula is C24H24FNO5P+. The number of aliphatic hydroxyl groups is 1. The van der Waals surface area contributed by atoms with Crippen LogP contribution >= 0.6 is 8.03 Å². The van der Waals surface area contributed by atoms with Gasteiger partial charge in [-0.1, -0.05) is 56.3 Å². The number of aromatic nitrogens is 1. The van der Waals surface area contributed by atoms with Crippen molar-refractivity contribution in [2.75, 3.05) is 0 Å². The number of aliphatic carboxylic acids is 1. The molecule has 3 aromatic rings. The molecule has 3 rings (SSSR count). The lowest BCUT2D eigenvalue weighted by molar-refractivity contribution is -0.147. The summed E-state index contributed by atoms with van der Waals surface area (Å²) in [5, 5.41) is 20.3. The van der Waals surface area contributed by atoms with Gasteiger partial charge in [0.25, 0.3) is 0 Å². The van der Waals surface area contributed by atoms with Crippen molar-refractivity contribution in [2.45, 2.75) is 31.0 Å². The summed E-state index contributed by atoms with van der Waals surface area (Å²) in [5.74, 6) is -2.32. The van der Waals surface area contributed by atoms with Crippen LogP contribution in [-0.2, 0) is 21.4 Å². The standard InChI is InChI=1S/C24H23FNO5P/c1-16(2)13-14-24(22(27)28,32(30)31)23(29,15-17-7-10-19(25)11-8-17)21-12-9-18-5-3-4-6-20(18)26-21/h3-14,16,29H,15H2,1-2H3,(H-,27,28,30,31)/p+1. The molecule has 0 amide bonds. The molecule has 166 valence electrons. The Labute approximate surface area is 185 Å². The number of rotatable bonds is 8. The zero-order valence-electron chi connectivity index (χ0n) is 17.6. The number of allylic oxidation sites excluding steroid dienone is 1. The van der Waals surface area contributed by atoms with Gasteiger partial charge in [0.1, 0.15) is 5.82 Å². The van der Waals surface area contributed by atoms with Gasteiger partial charge in [-0.25, -0.2) is 14.2 Å². The number of para-hydroxylation sites is 1. The molecule has 0 fully saturated rings. The Balaban J connectivity index is 2.33. The van der Waals surface area contributed by atoms with Gasteiger partial charge in [-0.3, -0.25) is 0 Å². The highest BCUT2D eigenvalue weighted by Gasteiger charge is 2.70. The van der Waals surface area contributed by atoms with Crippen LogP contribution in [0, 0.1) is 11.7 Å². The molecule has 0 aliphatic rings. The highest BCUT2D eigenvalue weighted by Crippen LogP contribution is 2.52. The van der Waals surface area contributed by atoms with Gasteiger partial charge < -0.3 is 10.2 Å². The molecule has 1 aromatic heterocycles. The molecule has 1 heterocycles. The normalized spacial score (nSPS) is 16.1. The first-order valence-corrected chi connectivity index (χ1v) is 11.2. The Morgan fingerprint density at radius 2 is 1.78 bits per heavy atom. The average Bonchev–Trinajstić information content (AvgIpc) is 2.74. The zero-order valence-corrected chi connectivity index (χ0v) is 18.5. The smallest absolute Gasteiger partial charge is 0.477 e. The predicted molar refractivity (Wildman–Crippen MR) is 120 cm³/mol. The van der Waals surface area contributed by atoms with Crippen molar-refractivity contribution >= 4 is 24.9 Å². The Morgan fingerprint density at radius 3 is 2.38 bits per heavy atom. The van der Waals surface area contributed by atoms with E-state index in [2.05, 4.69) is 4.98 Å². The summed E-state index contributed by atoms with van der Waals surface area (Å²) in [5.41, 5.74) is -1.63. The van der Waals surface area contributed by atoms with Gasteiger partial charge >= 0.3 is 19.2 Å². The maximum Gasteiger partial charge on any atom is 0.531 e. The molecule has 8 heteroatoms. The van der Waals surface area contributed by atoms with E-state index in [0.717, 1.165) is 11.5 Å². The van der Waals surface area contributed by atoms with Crippen molar-refractivity contribution in [3.8, 4) is 0 Å². The van der Waals surface area contributed by atoms with Crippen LogP contribution in [0.1, 0.15) is 25.1 Å². The molecule has 3 N–H and O–H groups in total. The van der Waals surface area contributed by atoms with Gasteiger partial charge in [0.2, 0.25) is 0 Å². The summed E-state index contributed by atoms with van der Waals surface area (Å²) in [4.78, 5) is 27.3. The van der Waals surface area contributed by atoms with E-state index in [1.807, 2.05) is 6.07 Å². The minimum absolute atomic E-state index is 0.0752. The molecule has 0 aliphatic carbocycles. The van der Waals surface area contributed by atoms with Crippen LogP contribution in [-0.4, -0.2) is 31.2 Å². The van der Waals surface area contributed by atoms with Crippen molar-refractivity contribution in [1.29, 1.82) is 0 Å². The second-order valence-electron chi connectivity index (χ2n) is 8.00. The third kappa shape index (κ3) is 4.32. The van der Waals surface area contributed by atoms with Crippen molar-refractivity contribution in [3.05, 3.63) is 89.9 Å². The molecule has 0 radical (unpaired) electrons.